The van der Waals surface area contributed by atoms with E-state index in [9.17, 15) is 4.79 Å². The summed E-state index contributed by atoms with van der Waals surface area (Å²) in [4.78, 5) is 12.1. The highest BCUT2D eigenvalue weighted by Crippen LogP contribution is 2.37. The molecule has 1 atom stereocenters. The number of nitrogens with one attached hydrogen (secondary N) is 2. The Morgan fingerprint density at radius 2 is 1.96 bits per heavy atom. The minimum atomic E-state index is -1.72. The van der Waals surface area contributed by atoms with Crippen LogP contribution in [0.25, 0.3) is 0 Å². The van der Waals surface area contributed by atoms with Crippen LogP contribution in [0.4, 0.5) is 5.69 Å². The maximum Gasteiger partial charge on any atom is 0.241 e. The molecule has 4 nitrogen and oxygen atoms in total. The molecule has 2 rings (SSSR count). The fraction of sp³-hybridized carbons (Fsp3) is 0.611. The van der Waals surface area contributed by atoms with E-state index in [2.05, 4.69) is 44.5 Å². The molecule has 0 bridgehead atoms. The second-order valence-corrected chi connectivity index (χ2v) is 12.7. The van der Waals surface area contributed by atoms with Gasteiger partial charge in [0.2, 0.25) is 5.91 Å². The topological polar surface area (TPSA) is 50.4 Å². The van der Waals surface area contributed by atoms with E-state index in [1.807, 2.05) is 24.3 Å². The van der Waals surface area contributed by atoms with Crippen molar-refractivity contribution in [3.8, 4) is 0 Å². The lowest BCUT2D eigenvalue weighted by Crippen LogP contribution is -2.40. The zero-order valence-corrected chi connectivity index (χ0v) is 16.0. The molecule has 0 unspecified atom stereocenters. The van der Waals surface area contributed by atoms with Crippen LogP contribution < -0.4 is 10.6 Å². The van der Waals surface area contributed by atoms with E-state index in [4.69, 9.17) is 4.43 Å². The van der Waals surface area contributed by atoms with Gasteiger partial charge in [-0.15, -0.1) is 0 Å². The molecular formula is C18H30N2O2Si. The lowest BCUT2D eigenvalue weighted by Gasteiger charge is -2.36. The van der Waals surface area contributed by atoms with Crippen molar-refractivity contribution in [2.45, 2.75) is 64.4 Å². The van der Waals surface area contributed by atoms with Gasteiger partial charge in [0.05, 0.1) is 12.6 Å². The molecule has 128 valence electrons. The molecule has 0 aromatic heterocycles. The molecular weight excluding hydrogens is 304 g/mol. The average Bonchev–Trinajstić information content (AvgIpc) is 2.99. The first-order valence-corrected chi connectivity index (χ1v) is 11.4. The third-order valence-corrected chi connectivity index (χ3v) is 9.48. The summed E-state index contributed by atoms with van der Waals surface area (Å²) in [5, 5.41) is 6.40. The van der Waals surface area contributed by atoms with Gasteiger partial charge in [0, 0.05) is 5.69 Å². The molecule has 23 heavy (non-hydrogen) atoms. The SMILES string of the molecule is CC(C)(C)[Si](C)(C)OCc1ccc(NC(=O)[C@@H]2CCCN2)cc1. The quantitative estimate of drug-likeness (QED) is 0.803. The smallest absolute Gasteiger partial charge is 0.241 e. The van der Waals surface area contributed by atoms with Gasteiger partial charge < -0.3 is 15.1 Å². The Kier molecular flexibility index (Phi) is 5.65. The van der Waals surface area contributed by atoms with Gasteiger partial charge in [-0.05, 0) is 55.2 Å². The van der Waals surface area contributed by atoms with Gasteiger partial charge in [-0.25, -0.2) is 0 Å². The van der Waals surface area contributed by atoms with E-state index >= 15 is 0 Å². The largest absolute Gasteiger partial charge is 0.413 e. The summed E-state index contributed by atoms with van der Waals surface area (Å²) >= 11 is 0. The molecule has 0 radical (unpaired) electrons. The molecule has 5 heteroatoms. The number of benzene rings is 1. The van der Waals surface area contributed by atoms with Crippen LogP contribution in [0, 0.1) is 0 Å². The van der Waals surface area contributed by atoms with Crippen LogP contribution in [0.15, 0.2) is 24.3 Å². The molecule has 1 amide bonds. The van der Waals surface area contributed by atoms with Crippen molar-refractivity contribution in [1.29, 1.82) is 0 Å². The van der Waals surface area contributed by atoms with Crippen LogP contribution in [-0.4, -0.2) is 26.8 Å². The second kappa shape index (κ2) is 7.15. The lowest BCUT2D eigenvalue weighted by atomic mass is 10.2. The zero-order chi connectivity index (χ0) is 17.1. The standard InChI is InChI=1S/C18H30N2O2Si/c1-18(2,3)23(4,5)22-13-14-8-10-15(11-9-14)20-17(21)16-7-6-12-19-16/h8-11,16,19H,6-7,12-13H2,1-5H3,(H,20,21)/t16-/m0/s1. The first kappa shape index (κ1) is 18.2. The minimum Gasteiger partial charge on any atom is -0.413 e. The highest BCUT2D eigenvalue weighted by atomic mass is 28.4. The highest BCUT2D eigenvalue weighted by Gasteiger charge is 2.36. The maximum atomic E-state index is 12.1. The Hall–Kier alpha value is -1.17. The molecule has 1 aliphatic rings. The Morgan fingerprint density at radius 1 is 1.30 bits per heavy atom. The van der Waals surface area contributed by atoms with Crippen LogP contribution in [0.5, 0.6) is 0 Å². The van der Waals surface area contributed by atoms with E-state index in [1.165, 1.54) is 0 Å². The van der Waals surface area contributed by atoms with Crippen LogP contribution in [0.3, 0.4) is 0 Å². The van der Waals surface area contributed by atoms with Gasteiger partial charge >= 0.3 is 0 Å². The van der Waals surface area contributed by atoms with Gasteiger partial charge in [0.25, 0.3) is 0 Å². The van der Waals surface area contributed by atoms with Crippen LogP contribution >= 0.6 is 0 Å². The van der Waals surface area contributed by atoms with Crippen molar-refractivity contribution in [3.63, 3.8) is 0 Å². The number of anilines is 1. The first-order chi connectivity index (χ1) is 10.7. The predicted molar refractivity (Wildman–Crippen MR) is 98.1 cm³/mol. The maximum absolute atomic E-state index is 12.1. The molecule has 1 fully saturated rings. The van der Waals surface area contributed by atoms with E-state index in [0.717, 1.165) is 30.6 Å². The van der Waals surface area contributed by atoms with E-state index < -0.39 is 8.32 Å². The summed E-state index contributed by atoms with van der Waals surface area (Å²) in [5.74, 6) is 0.0628. The van der Waals surface area contributed by atoms with Gasteiger partial charge in [-0.2, -0.15) is 0 Å². The monoisotopic (exact) mass is 334 g/mol. The van der Waals surface area contributed by atoms with Crippen LogP contribution in [-0.2, 0) is 15.8 Å². The molecule has 1 aliphatic heterocycles. The average molecular weight is 335 g/mol. The minimum absolute atomic E-state index is 0.0448. The summed E-state index contributed by atoms with van der Waals surface area (Å²) in [5.41, 5.74) is 1.99. The van der Waals surface area contributed by atoms with Crippen molar-refractivity contribution in [1.82, 2.24) is 5.32 Å². The Bertz CT molecular complexity index is 529. The summed E-state index contributed by atoms with van der Waals surface area (Å²) < 4.78 is 6.22. The molecule has 2 N–H and O–H groups in total. The summed E-state index contributed by atoms with van der Waals surface area (Å²) in [6.07, 6.45) is 1.99. The molecule has 0 aliphatic carbocycles. The van der Waals surface area contributed by atoms with Gasteiger partial charge in [-0.1, -0.05) is 32.9 Å². The second-order valence-electron chi connectivity index (χ2n) is 7.88. The molecule has 1 saturated heterocycles. The zero-order valence-electron chi connectivity index (χ0n) is 15.0. The fourth-order valence-electron chi connectivity index (χ4n) is 2.30. The molecule has 1 aromatic carbocycles. The molecule has 0 spiro atoms. The summed E-state index contributed by atoms with van der Waals surface area (Å²) in [6.45, 7) is 12.8. The van der Waals surface area contributed by atoms with E-state index in [-0.39, 0.29) is 17.0 Å². The van der Waals surface area contributed by atoms with Crippen molar-refractivity contribution in [2.24, 2.45) is 0 Å². The van der Waals surface area contributed by atoms with Crippen molar-refractivity contribution in [3.05, 3.63) is 29.8 Å². The Labute approximate surface area is 141 Å². The highest BCUT2D eigenvalue weighted by molar-refractivity contribution is 6.74. The lowest BCUT2D eigenvalue weighted by molar-refractivity contribution is -0.117. The van der Waals surface area contributed by atoms with Crippen LogP contribution in [0.2, 0.25) is 18.1 Å². The predicted octanol–water partition coefficient (Wildman–Crippen LogP) is 3.90. The van der Waals surface area contributed by atoms with Crippen LogP contribution in [0.1, 0.15) is 39.2 Å². The number of amides is 1. The number of hydrogen-bond donors (Lipinski definition) is 2. The number of carbonyl (C=O) groups excluding carboxylic acids is 1. The van der Waals surface area contributed by atoms with E-state index in [1.54, 1.807) is 0 Å². The summed E-state index contributed by atoms with van der Waals surface area (Å²) in [6, 6.07) is 7.93. The third-order valence-electron chi connectivity index (χ3n) is 5.00. The molecule has 1 aromatic rings. The van der Waals surface area contributed by atoms with Gasteiger partial charge in [0.1, 0.15) is 0 Å². The Balaban J connectivity index is 1.88. The van der Waals surface area contributed by atoms with Crippen molar-refractivity contribution < 1.29 is 9.22 Å². The number of rotatable bonds is 5. The normalized spacial score (nSPS) is 18.9. The third kappa shape index (κ3) is 4.90. The fourth-order valence-corrected chi connectivity index (χ4v) is 3.26. The molecule has 1 heterocycles. The first-order valence-electron chi connectivity index (χ1n) is 8.46. The van der Waals surface area contributed by atoms with Crippen molar-refractivity contribution in [2.75, 3.05) is 11.9 Å². The van der Waals surface area contributed by atoms with E-state index in [0.29, 0.717) is 6.61 Å². The number of carbonyl (C=O) groups is 1. The van der Waals surface area contributed by atoms with Gasteiger partial charge in [-0.3, -0.25) is 4.79 Å². The van der Waals surface area contributed by atoms with Crippen molar-refractivity contribution >= 4 is 19.9 Å². The Morgan fingerprint density at radius 3 is 2.48 bits per heavy atom. The van der Waals surface area contributed by atoms with Gasteiger partial charge in [0.15, 0.2) is 8.32 Å². The molecule has 0 saturated carbocycles. The summed E-state index contributed by atoms with van der Waals surface area (Å²) in [7, 11) is -1.72. The number of hydrogen-bond acceptors (Lipinski definition) is 3.